The predicted octanol–water partition coefficient (Wildman–Crippen LogP) is 4.64. The standard InChI is InChI=1S/C26H38N2O5/c1-7-32-23(29)13-14-27-21-16-20(18(4)15-22(21)33-26(5,6)25(27)31)24(30)28(17(2)3)19-11-9-8-10-12-19/h15-17,19H,7-14H2,1-6H3. The van der Waals surface area contributed by atoms with Gasteiger partial charge in [0.2, 0.25) is 0 Å². The van der Waals surface area contributed by atoms with E-state index in [2.05, 4.69) is 13.8 Å². The van der Waals surface area contributed by atoms with Crippen LogP contribution in [0, 0.1) is 6.92 Å². The second kappa shape index (κ2) is 10.1. The van der Waals surface area contributed by atoms with Crippen LogP contribution in [-0.4, -0.2) is 53.5 Å². The van der Waals surface area contributed by atoms with E-state index in [1.807, 2.05) is 17.9 Å². The maximum absolute atomic E-state index is 13.8. The van der Waals surface area contributed by atoms with Crippen LogP contribution in [0.4, 0.5) is 5.69 Å². The van der Waals surface area contributed by atoms with Crippen molar-refractivity contribution in [2.24, 2.45) is 0 Å². The highest BCUT2D eigenvalue weighted by Gasteiger charge is 2.42. The van der Waals surface area contributed by atoms with Gasteiger partial charge in [0.15, 0.2) is 5.60 Å². The van der Waals surface area contributed by atoms with E-state index in [4.69, 9.17) is 9.47 Å². The lowest BCUT2D eigenvalue weighted by atomic mass is 9.92. The maximum atomic E-state index is 13.8. The summed E-state index contributed by atoms with van der Waals surface area (Å²) in [4.78, 5) is 42.5. The minimum Gasteiger partial charge on any atom is -0.476 e. The van der Waals surface area contributed by atoms with Crippen LogP contribution >= 0.6 is 0 Å². The van der Waals surface area contributed by atoms with Crippen molar-refractivity contribution >= 4 is 23.5 Å². The first kappa shape index (κ1) is 25.1. The van der Waals surface area contributed by atoms with Gasteiger partial charge in [0.05, 0.1) is 18.7 Å². The molecule has 0 spiro atoms. The van der Waals surface area contributed by atoms with E-state index < -0.39 is 5.60 Å². The minimum atomic E-state index is -1.06. The number of hydrogen-bond donors (Lipinski definition) is 0. The largest absolute Gasteiger partial charge is 0.476 e. The Kier molecular flexibility index (Phi) is 7.70. The molecule has 0 saturated heterocycles. The number of benzene rings is 1. The molecule has 33 heavy (non-hydrogen) atoms. The van der Waals surface area contributed by atoms with Crippen molar-refractivity contribution in [3.63, 3.8) is 0 Å². The van der Waals surface area contributed by atoms with E-state index in [1.54, 1.807) is 31.7 Å². The van der Waals surface area contributed by atoms with Crippen LogP contribution in [0.1, 0.15) is 89.1 Å². The summed E-state index contributed by atoms with van der Waals surface area (Å²) in [6.07, 6.45) is 5.63. The summed E-state index contributed by atoms with van der Waals surface area (Å²) in [6.45, 7) is 11.7. The molecule has 0 atom stereocenters. The molecular weight excluding hydrogens is 420 g/mol. The normalized spacial score (nSPS) is 18.0. The number of nitrogens with zero attached hydrogens (tertiary/aromatic N) is 2. The summed E-state index contributed by atoms with van der Waals surface area (Å²) in [7, 11) is 0. The Bertz CT molecular complexity index is 902. The van der Waals surface area contributed by atoms with E-state index in [-0.39, 0.29) is 42.8 Å². The second-order valence-electron chi connectivity index (χ2n) is 9.86. The highest BCUT2D eigenvalue weighted by molar-refractivity contribution is 6.05. The van der Waals surface area contributed by atoms with Crippen LogP contribution in [0.25, 0.3) is 0 Å². The van der Waals surface area contributed by atoms with Crippen molar-refractivity contribution in [2.75, 3.05) is 18.1 Å². The Balaban J connectivity index is 1.98. The van der Waals surface area contributed by atoms with Crippen molar-refractivity contribution < 1.29 is 23.9 Å². The minimum absolute atomic E-state index is 0.0141. The summed E-state index contributed by atoms with van der Waals surface area (Å²) >= 11 is 0. The van der Waals surface area contributed by atoms with Crippen LogP contribution in [0.3, 0.4) is 0 Å². The quantitative estimate of drug-likeness (QED) is 0.557. The molecule has 0 unspecified atom stereocenters. The Labute approximate surface area is 197 Å². The number of fused-ring (bicyclic) bond motifs is 1. The number of esters is 1. The lowest BCUT2D eigenvalue weighted by Crippen LogP contribution is -2.53. The average Bonchev–Trinajstić information content (AvgIpc) is 2.74. The lowest BCUT2D eigenvalue weighted by Gasteiger charge is -2.40. The van der Waals surface area contributed by atoms with Gasteiger partial charge in [0.25, 0.3) is 11.8 Å². The first-order valence-corrected chi connectivity index (χ1v) is 12.2. The van der Waals surface area contributed by atoms with Crippen molar-refractivity contribution in [3.8, 4) is 5.75 Å². The molecule has 0 bridgehead atoms. The van der Waals surface area contributed by atoms with Gasteiger partial charge in [0.1, 0.15) is 5.75 Å². The summed E-state index contributed by atoms with van der Waals surface area (Å²) in [5.74, 6) is -0.0662. The van der Waals surface area contributed by atoms with Crippen LogP contribution in [0.5, 0.6) is 5.75 Å². The number of amides is 2. The fourth-order valence-corrected chi connectivity index (χ4v) is 4.92. The monoisotopic (exact) mass is 458 g/mol. The number of anilines is 1. The topological polar surface area (TPSA) is 76.1 Å². The molecule has 2 amide bonds. The molecule has 1 heterocycles. The van der Waals surface area contributed by atoms with E-state index in [9.17, 15) is 14.4 Å². The third-order valence-corrected chi connectivity index (χ3v) is 6.56. The van der Waals surface area contributed by atoms with Crippen LogP contribution in [0.2, 0.25) is 0 Å². The fraction of sp³-hybridized carbons (Fsp3) is 0.654. The fourth-order valence-electron chi connectivity index (χ4n) is 4.92. The molecule has 1 fully saturated rings. The number of carbonyl (C=O) groups excluding carboxylic acids is 3. The summed E-state index contributed by atoms with van der Waals surface area (Å²) < 4.78 is 11.1. The van der Waals surface area contributed by atoms with Gasteiger partial charge in [-0.2, -0.15) is 0 Å². The molecule has 1 saturated carbocycles. The van der Waals surface area contributed by atoms with E-state index in [0.29, 0.717) is 23.6 Å². The zero-order chi connectivity index (χ0) is 24.3. The molecule has 1 aromatic rings. The van der Waals surface area contributed by atoms with Gasteiger partial charge in [-0.25, -0.2) is 0 Å². The Morgan fingerprint density at radius 3 is 2.48 bits per heavy atom. The molecule has 1 aliphatic heterocycles. The smallest absolute Gasteiger partial charge is 0.307 e. The maximum Gasteiger partial charge on any atom is 0.307 e. The summed E-state index contributed by atoms with van der Waals surface area (Å²) in [5, 5.41) is 0. The van der Waals surface area contributed by atoms with Crippen LogP contribution in [0.15, 0.2) is 12.1 Å². The number of carbonyl (C=O) groups is 3. The molecule has 0 N–H and O–H groups in total. The predicted molar refractivity (Wildman–Crippen MR) is 128 cm³/mol. The molecule has 0 aromatic heterocycles. The molecule has 1 aliphatic carbocycles. The third-order valence-electron chi connectivity index (χ3n) is 6.56. The number of rotatable bonds is 7. The molecular formula is C26H38N2O5. The molecule has 3 rings (SSSR count). The van der Waals surface area contributed by atoms with Crippen molar-refractivity contribution in [2.45, 2.75) is 97.8 Å². The number of aryl methyl sites for hydroxylation is 1. The van der Waals surface area contributed by atoms with Gasteiger partial charge >= 0.3 is 5.97 Å². The van der Waals surface area contributed by atoms with Gasteiger partial charge in [0, 0.05) is 24.2 Å². The van der Waals surface area contributed by atoms with Gasteiger partial charge in [-0.15, -0.1) is 0 Å². The highest BCUT2D eigenvalue weighted by Crippen LogP contribution is 2.40. The first-order valence-electron chi connectivity index (χ1n) is 12.2. The number of hydrogen-bond acceptors (Lipinski definition) is 5. The van der Waals surface area contributed by atoms with Gasteiger partial charge in [-0.3, -0.25) is 14.4 Å². The van der Waals surface area contributed by atoms with Crippen molar-refractivity contribution in [1.82, 2.24) is 4.90 Å². The second-order valence-corrected chi connectivity index (χ2v) is 9.86. The van der Waals surface area contributed by atoms with E-state index in [0.717, 1.165) is 31.2 Å². The van der Waals surface area contributed by atoms with Crippen LogP contribution in [-0.2, 0) is 14.3 Å². The van der Waals surface area contributed by atoms with Crippen molar-refractivity contribution in [3.05, 3.63) is 23.3 Å². The molecule has 7 heteroatoms. The zero-order valence-electron chi connectivity index (χ0n) is 20.9. The van der Waals surface area contributed by atoms with Gasteiger partial charge in [-0.05, 0) is 72.1 Å². The van der Waals surface area contributed by atoms with Crippen molar-refractivity contribution in [1.29, 1.82) is 0 Å². The SMILES string of the molecule is CCOC(=O)CCN1C(=O)C(C)(C)Oc2cc(C)c(C(=O)N(C(C)C)C3CCCCC3)cc21. The molecule has 0 radical (unpaired) electrons. The van der Waals surface area contributed by atoms with E-state index >= 15 is 0 Å². The Morgan fingerprint density at radius 1 is 1.21 bits per heavy atom. The molecule has 182 valence electrons. The Hall–Kier alpha value is -2.57. The lowest BCUT2D eigenvalue weighted by molar-refractivity contribution is -0.143. The van der Waals surface area contributed by atoms with Crippen LogP contribution < -0.4 is 9.64 Å². The van der Waals surface area contributed by atoms with E-state index in [1.165, 1.54) is 6.42 Å². The Morgan fingerprint density at radius 2 is 1.88 bits per heavy atom. The zero-order valence-corrected chi connectivity index (χ0v) is 20.9. The summed E-state index contributed by atoms with van der Waals surface area (Å²) in [5.41, 5.74) is 0.858. The van der Waals surface area contributed by atoms with Gasteiger partial charge in [-0.1, -0.05) is 19.3 Å². The first-order chi connectivity index (χ1) is 15.6. The third kappa shape index (κ3) is 5.33. The molecule has 2 aliphatic rings. The highest BCUT2D eigenvalue weighted by atomic mass is 16.5. The molecule has 1 aromatic carbocycles. The molecule has 7 nitrogen and oxygen atoms in total. The number of ether oxygens (including phenoxy) is 2. The summed E-state index contributed by atoms with van der Waals surface area (Å²) in [6, 6.07) is 3.92. The van der Waals surface area contributed by atoms with Gasteiger partial charge < -0.3 is 19.3 Å². The average molecular weight is 459 g/mol.